The Morgan fingerprint density at radius 3 is 0.475 bits per heavy atom. The molecule has 8 rings (SSSR count). The fraction of sp³-hybridized carbons (Fsp3) is 0.614. The quantitative estimate of drug-likeness (QED) is 0.0348. The van der Waals surface area contributed by atoms with Gasteiger partial charge in [0.2, 0.25) is 0 Å². The maximum absolute atomic E-state index is 5.91. The molecule has 0 saturated heterocycles. The van der Waals surface area contributed by atoms with Gasteiger partial charge in [0.25, 0.3) is 0 Å². The summed E-state index contributed by atoms with van der Waals surface area (Å²) in [7, 11) is 0. The molecule has 8 heteroatoms. The summed E-state index contributed by atoms with van der Waals surface area (Å²) < 4.78 is 23.5. The largest absolute Gasteiger partial charge is 0.494 e. The van der Waals surface area contributed by atoms with Crippen molar-refractivity contribution < 1.29 is 18.9 Å². The number of nitrogens with zero attached hydrogens (tertiary/aromatic N) is 4. The van der Waals surface area contributed by atoms with Gasteiger partial charge in [0.1, 0.15) is 23.0 Å². The molecule has 0 aliphatic heterocycles. The first kappa shape index (κ1) is 105. The van der Waals surface area contributed by atoms with Crippen molar-refractivity contribution >= 4 is 0 Å². The van der Waals surface area contributed by atoms with Gasteiger partial charge in [-0.1, -0.05) is 372 Å². The molecule has 0 fully saturated rings. The molecule has 0 spiro atoms. The van der Waals surface area contributed by atoms with Crippen molar-refractivity contribution in [2.24, 2.45) is 0 Å². The number of ether oxygens (including phenoxy) is 4. The highest BCUT2D eigenvalue weighted by atomic mass is 16.5. The zero-order valence-corrected chi connectivity index (χ0v) is 79.4. The lowest BCUT2D eigenvalue weighted by Crippen LogP contribution is -1.98. The molecule has 0 aliphatic rings. The van der Waals surface area contributed by atoms with Gasteiger partial charge in [-0.2, -0.15) is 0 Å². The summed E-state index contributed by atoms with van der Waals surface area (Å²) in [6.45, 7) is 21.4. The highest BCUT2D eigenvalue weighted by molar-refractivity contribution is 5.32. The number of aryl methyl sites for hydroxylation is 12. The highest BCUT2D eigenvalue weighted by Crippen LogP contribution is 2.23. The molecule has 0 radical (unpaired) electrons. The van der Waals surface area contributed by atoms with E-state index in [0.29, 0.717) is 0 Å². The van der Waals surface area contributed by atoms with Gasteiger partial charge in [-0.05, 0) is 246 Å². The molecule has 8 aromatic rings. The molecule has 4 aromatic carbocycles. The summed E-state index contributed by atoms with van der Waals surface area (Å²) >= 11 is 0. The number of rotatable bonds is 70. The van der Waals surface area contributed by atoms with Crippen LogP contribution in [0, 0.1) is 0 Å². The third-order valence-corrected chi connectivity index (χ3v) is 23.8. The van der Waals surface area contributed by atoms with E-state index in [9.17, 15) is 0 Å². The summed E-state index contributed by atoms with van der Waals surface area (Å²) in [5, 5.41) is 0. The van der Waals surface area contributed by atoms with Crippen LogP contribution in [0.5, 0.6) is 23.0 Å². The highest BCUT2D eigenvalue weighted by Gasteiger charge is 2.08. The van der Waals surface area contributed by atoms with E-state index in [0.717, 1.165) is 126 Å². The number of aromatic nitrogens is 4. The van der Waals surface area contributed by atoms with Crippen LogP contribution in [-0.2, 0) is 77.0 Å². The molecule has 122 heavy (non-hydrogen) atoms. The Morgan fingerprint density at radius 2 is 0.303 bits per heavy atom. The fourth-order valence-corrected chi connectivity index (χ4v) is 15.5. The van der Waals surface area contributed by atoms with Gasteiger partial charge in [0.05, 0.1) is 26.4 Å². The van der Waals surface area contributed by atoms with Crippen LogP contribution in [0.3, 0.4) is 0 Å². The van der Waals surface area contributed by atoms with E-state index in [-0.39, 0.29) is 0 Å². The Morgan fingerprint density at radius 1 is 0.148 bits per heavy atom. The Kier molecular flexibility index (Phi) is 64.7. The number of hydrogen-bond acceptors (Lipinski definition) is 8. The fourth-order valence-electron chi connectivity index (χ4n) is 15.5. The molecule has 0 unspecified atom stereocenters. The minimum Gasteiger partial charge on any atom is -0.494 e. The van der Waals surface area contributed by atoms with Crippen LogP contribution in [0.1, 0.15) is 418 Å². The predicted octanol–water partition coefficient (Wildman–Crippen LogP) is 33.3. The Bertz CT molecular complexity index is 3520. The maximum Gasteiger partial charge on any atom is 0.119 e. The van der Waals surface area contributed by atoms with Crippen molar-refractivity contribution in [2.75, 3.05) is 26.4 Å². The zero-order valence-electron chi connectivity index (χ0n) is 79.4. The van der Waals surface area contributed by atoms with Crippen molar-refractivity contribution in [3.05, 3.63) is 238 Å². The molecule has 0 amide bonds. The van der Waals surface area contributed by atoms with E-state index in [1.54, 1.807) is 0 Å². The van der Waals surface area contributed by atoms with Gasteiger partial charge in [-0.3, -0.25) is 19.9 Å². The van der Waals surface area contributed by atoms with E-state index in [2.05, 4.69) is 236 Å². The lowest BCUT2D eigenvalue weighted by molar-refractivity contribution is 0.304. The summed E-state index contributed by atoms with van der Waals surface area (Å²) in [4.78, 5) is 18.8. The SMILES string of the molecule is CCCCCCCCCOc1ccc(CCc2ccc(CCCCCCCC)cn2)cc1.CCCCCCCCOc1ccc(CCc2ccc(CCCCCCCC)cn2)cc1.CCCCCCCCc1ccc(CCc2ccc(OCCCCCC)cc2)nc1.CCCCCCCCc1ccc(CCc2ccc(OCCCCCCC)cc2)nc1. The minimum absolute atomic E-state index is 0.828. The number of hydrogen-bond donors (Lipinski definition) is 0. The van der Waals surface area contributed by atoms with Gasteiger partial charge in [0.15, 0.2) is 0 Å². The zero-order chi connectivity index (χ0) is 86.5. The van der Waals surface area contributed by atoms with Crippen LogP contribution >= 0.6 is 0 Å². The predicted molar refractivity (Wildman–Crippen MR) is 527 cm³/mol. The Balaban J connectivity index is 0.000000289. The Hall–Kier alpha value is -7.32. The third-order valence-electron chi connectivity index (χ3n) is 23.8. The summed E-state index contributed by atoms with van der Waals surface area (Å²) in [5.41, 5.74) is 15.7. The molecule has 4 aromatic heterocycles. The summed E-state index contributed by atoms with van der Waals surface area (Å²) in [5.74, 6) is 3.97. The second-order valence-electron chi connectivity index (χ2n) is 35.0. The molecular formula is C114H176N4O4. The lowest BCUT2D eigenvalue weighted by atomic mass is 10.0. The number of benzene rings is 4. The van der Waals surface area contributed by atoms with E-state index < -0.39 is 0 Å². The maximum atomic E-state index is 5.91. The summed E-state index contributed by atoms with van der Waals surface area (Å²) in [6.07, 6.45) is 81.9. The molecule has 0 N–H and O–H groups in total. The average molecular weight is 1670 g/mol. The first-order valence-corrected chi connectivity index (χ1v) is 50.9. The van der Waals surface area contributed by atoms with Crippen molar-refractivity contribution in [1.29, 1.82) is 0 Å². The standard InChI is InChI=1S/C30H47NO.C29H45NO.C28H43NO.C27H41NO/c1-3-5-7-9-11-13-15-25-32-30-23-19-27(20-24-30)17-21-29-22-18-28(26-31-29)16-14-12-10-8-6-4-2;1-3-5-7-9-11-13-15-27-17-21-28(30-25-27)20-16-26-18-22-29(23-19-26)31-24-14-12-10-8-6-4-2;1-3-5-7-9-10-12-14-26-16-20-27(29-24-26)19-15-25-17-21-28(22-18-25)30-23-13-11-8-6-4-2;1-3-5-7-9-10-11-13-25-15-19-26(28-23-25)18-14-24-16-20-27(21-17-24)29-22-12-8-6-4-2/h18-20,22-24,26H,3-17,21,25H2,1-2H3;17-19,21-23,25H,3-16,20,24H2,1-2H3;16-18,20-22,24H,3-15,19,23H2,1-2H3;15-17,19-21,23H,3-14,18,22H2,1-2H3. The van der Waals surface area contributed by atoms with Crippen molar-refractivity contribution in [2.45, 2.75) is 428 Å². The first-order valence-electron chi connectivity index (χ1n) is 50.9. The molecule has 0 saturated carbocycles. The topological polar surface area (TPSA) is 88.5 Å². The van der Waals surface area contributed by atoms with Gasteiger partial charge < -0.3 is 18.9 Å². The van der Waals surface area contributed by atoms with E-state index in [4.69, 9.17) is 28.9 Å². The van der Waals surface area contributed by atoms with Crippen molar-refractivity contribution in [1.82, 2.24) is 19.9 Å². The molecule has 0 atom stereocenters. The Labute approximate surface area is 749 Å². The molecule has 8 nitrogen and oxygen atoms in total. The molecule has 0 aliphatic carbocycles. The van der Waals surface area contributed by atoms with E-state index >= 15 is 0 Å². The van der Waals surface area contributed by atoms with Crippen LogP contribution < -0.4 is 18.9 Å². The number of unbranched alkanes of at least 4 members (excludes halogenated alkanes) is 38. The second kappa shape index (κ2) is 75.0. The first-order chi connectivity index (χ1) is 60.3. The van der Waals surface area contributed by atoms with Crippen molar-refractivity contribution in [3.63, 3.8) is 0 Å². The van der Waals surface area contributed by atoms with Crippen LogP contribution in [0.15, 0.2) is 170 Å². The van der Waals surface area contributed by atoms with Gasteiger partial charge in [-0.15, -0.1) is 0 Å². The van der Waals surface area contributed by atoms with Gasteiger partial charge >= 0.3 is 0 Å². The summed E-state index contributed by atoms with van der Waals surface area (Å²) in [6, 6.07) is 52.4. The average Bonchev–Trinajstić information content (AvgIpc) is 0.905. The monoisotopic (exact) mass is 1670 g/mol. The van der Waals surface area contributed by atoms with Crippen LogP contribution in [0.2, 0.25) is 0 Å². The van der Waals surface area contributed by atoms with Gasteiger partial charge in [-0.25, -0.2) is 0 Å². The molecular weight excluding hydrogens is 1490 g/mol. The third kappa shape index (κ3) is 55.8. The van der Waals surface area contributed by atoms with Gasteiger partial charge in [0, 0.05) is 47.6 Å². The smallest absolute Gasteiger partial charge is 0.119 e. The van der Waals surface area contributed by atoms with E-state index in [1.165, 1.54) is 363 Å². The van der Waals surface area contributed by atoms with Crippen LogP contribution in [-0.4, -0.2) is 46.4 Å². The van der Waals surface area contributed by atoms with Crippen molar-refractivity contribution in [3.8, 4) is 23.0 Å². The van der Waals surface area contributed by atoms with Crippen LogP contribution in [0.4, 0.5) is 0 Å². The molecule has 4 heterocycles. The lowest BCUT2D eigenvalue weighted by Gasteiger charge is -2.08. The molecule has 676 valence electrons. The number of pyridine rings is 4. The van der Waals surface area contributed by atoms with Crippen LogP contribution in [0.25, 0.3) is 0 Å². The molecule has 0 bridgehead atoms. The van der Waals surface area contributed by atoms with E-state index in [1.807, 2.05) is 0 Å². The normalized spacial score (nSPS) is 11.0. The second-order valence-corrected chi connectivity index (χ2v) is 35.0. The minimum atomic E-state index is 0.828.